The number of ether oxygens (including phenoxy) is 1. The minimum atomic E-state index is 0.490. The van der Waals surface area contributed by atoms with Gasteiger partial charge in [0.05, 0.1) is 0 Å². The molecule has 0 aromatic heterocycles. The molecule has 0 aromatic rings. The number of nitrogens with one attached hydrogen (secondary N) is 1. The van der Waals surface area contributed by atoms with Gasteiger partial charge in [0.15, 0.2) is 0 Å². The van der Waals surface area contributed by atoms with E-state index in [1.165, 1.54) is 0 Å². The zero-order chi connectivity index (χ0) is 5.28. The lowest BCUT2D eigenvalue weighted by atomic mass is 11.0. The molecule has 1 N–H and O–H groups in total. The molecule has 0 radical (unpaired) electrons. The van der Waals surface area contributed by atoms with Crippen LogP contribution in [0.2, 0.25) is 0 Å². The molecule has 1 aliphatic heterocycles. The number of hydrogen-bond acceptors (Lipinski definition) is 3. The lowest BCUT2D eigenvalue weighted by molar-refractivity contribution is 0.431. The molecular weight excluding hydrogens is 207 g/mol. The Morgan fingerprint density at radius 1 is 1.86 bits per heavy atom. The maximum Gasteiger partial charge on any atom is 0.275 e. The van der Waals surface area contributed by atoms with Crippen molar-refractivity contribution in [2.45, 2.75) is 0 Å². The molecule has 0 fully saturated rings. The van der Waals surface area contributed by atoms with E-state index in [0.717, 1.165) is 0 Å². The van der Waals surface area contributed by atoms with Gasteiger partial charge >= 0.3 is 0 Å². The SMILES string of the molecule is C=C1NN=C(I)O1. The molecule has 0 amide bonds. The van der Waals surface area contributed by atoms with Crippen molar-refractivity contribution >= 4 is 26.5 Å². The molecule has 4 heteroatoms. The highest BCUT2D eigenvalue weighted by Gasteiger charge is 2.04. The van der Waals surface area contributed by atoms with Crippen LogP contribution >= 0.6 is 22.6 Å². The predicted molar refractivity (Wildman–Crippen MR) is 34.8 cm³/mol. The van der Waals surface area contributed by atoms with Crippen LogP contribution in [-0.2, 0) is 4.74 Å². The van der Waals surface area contributed by atoms with E-state index in [-0.39, 0.29) is 0 Å². The van der Waals surface area contributed by atoms with Gasteiger partial charge in [-0.05, 0) is 6.58 Å². The summed E-state index contributed by atoms with van der Waals surface area (Å²) in [5.41, 5.74) is 2.53. The van der Waals surface area contributed by atoms with E-state index in [0.29, 0.717) is 9.79 Å². The standard InChI is InChI=1S/C3H3IN2O/c1-2-5-6-3(4)7-2/h5H,1H2. The van der Waals surface area contributed by atoms with Crippen molar-refractivity contribution in [3.8, 4) is 0 Å². The third-order valence-electron chi connectivity index (χ3n) is 0.476. The summed E-state index contributed by atoms with van der Waals surface area (Å²) in [6.07, 6.45) is 0. The first-order chi connectivity index (χ1) is 3.29. The van der Waals surface area contributed by atoms with E-state index >= 15 is 0 Å². The first-order valence-electron chi connectivity index (χ1n) is 1.65. The monoisotopic (exact) mass is 210 g/mol. The largest absolute Gasteiger partial charge is 0.415 e. The lowest BCUT2D eigenvalue weighted by Gasteiger charge is -1.87. The highest BCUT2D eigenvalue weighted by atomic mass is 127. The quantitative estimate of drug-likeness (QED) is 0.599. The fourth-order valence-electron chi connectivity index (χ4n) is 0.254. The molecule has 0 saturated carbocycles. The van der Waals surface area contributed by atoms with Gasteiger partial charge in [-0.1, -0.05) is 0 Å². The Morgan fingerprint density at radius 2 is 2.57 bits per heavy atom. The minimum absolute atomic E-state index is 0.490. The van der Waals surface area contributed by atoms with E-state index < -0.39 is 0 Å². The molecule has 1 aliphatic rings. The Balaban J connectivity index is 2.58. The number of hydrazone groups is 1. The maximum absolute atomic E-state index is 4.79. The summed E-state index contributed by atoms with van der Waals surface area (Å²) in [6, 6.07) is 0. The van der Waals surface area contributed by atoms with Crippen LogP contribution in [0.3, 0.4) is 0 Å². The predicted octanol–water partition coefficient (Wildman–Crippen LogP) is 0.783. The van der Waals surface area contributed by atoms with Crippen molar-refractivity contribution in [1.29, 1.82) is 0 Å². The van der Waals surface area contributed by atoms with Gasteiger partial charge in [0.1, 0.15) is 0 Å². The Kier molecular flexibility index (Phi) is 1.18. The van der Waals surface area contributed by atoms with Crippen molar-refractivity contribution in [3.63, 3.8) is 0 Å². The lowest BCUT2D eigenvalue weighted by Crippen LogP contribution is -1.94. The van der Waals surface area contributed by atoms with Crippen molar-refractivity contribution < 1.29 is 4.74 Å². The number of halogens is 1. The average Bonchev–Trinajstić information content (AvgIpc) is 1.87. The molecule has 0 atom stereocenters. The fourth-order valence-corrected chi connectivity index (χ4v) is 0.640. The summed E-state index contributed by atoms with van der Waals surface area (Å²) >= 11 is 1.95. The molecule has 1 heterocycles. The number of rotatable bonds is 0. The summed E-state index contributed by atoms with van der Waals surface area (Å²) in [4.78, 5) is 0. The van der Waals surface area contributed by atoms with Crippen LogP contribution in [0.4, 0.5) is 0 Å². The molecule has 0 aromatic carbocycles. The van der Waals surface area contributed by atoms with E-state index in [4.69, 9.17) is 4.74 Å². The van der Waals surface area contributed by atoms with E-state index in [1.54, 1.807) is 0 Å². The topological polar surface area (TPSA) is 33.6 Å². The maximum atomic E-state index is 4.79. The summed E-state index contributed by atoms with van der Waals surface area (Å²) in [6.45, 7) is 3.45. The molecule has 38 valence electrons. The van der Waals surface area contributed by atoms with Gasteiger partial charge in [0, 0.05) is 22.6 Å². The molecule has 0 unspecified atom stereocenters. The highest BCUT2D eigenvalue weighted by molar-refractivity contribution is 14.1. The molecule has 0 saturated heterocycles. The van der Waals surface area contributed by atoms with Gasteiger partial charge < -0.3 is 4.74 Å². The Morgan fingerprint density at radius 3 is 2.71 bits per heavy atom. The second-order valence-electron chi connectivity index (χ2n) is 1.00. The van der Waals surface area contributed by atoms with Gasteiger partial charge in [-0.3, -0.25) is 0 Å². The Hall–Kier alpha value is -0.260. The summed E-state index contributed by atoms with van der Waals surface area (Å²) < 4.78 is 5.38. The summed E-state index contributed by atoms with van der Waals surface area (Å²) in [5.74, 6) is 0.490. The Labute approximate surface area is 54.6 Å². The molecule has 3 nitrogen and oxygen atoms in total. The molecule has 1 rings (SSSR count). The zero-order valence-corrected chi connectivity index (χ0v) is 5.60. The van der Waals surface area contributed by atoms with Crippen LogP contribution in [0, 0.1) is 0 Å². The smallest absolute Gasteiger partial charge is 0.275 e. The van der Waals surface area contributed by atoms with E-state index in [2.05, 4.69) is 17.1 Å². The molecule has 7 heavy (non-hydrogen) atoms. The van der Waals surface area contributed by atoms with Crippen LogP contribution in [0.25, 0.3) is 0 Å². The third kappa shape index (κ3) is 1.05. The first kappa shape index (κ1) is 4.89. The number of hydrogen-bond donors (Lipinski definition) is 1. The average molecular weight is 210 g/mol. The zero-order valence-electron chi connectivity index (χ0n) is 3.44. The van der Waals surface area contributed by atoms with Crippen LogP contribution in [0.1, 0.15) is 0 Å². The van der Waals surface area contributed by atoms with Crippen molar-refractivity contribution in [3.05, 3.63) is 12.5 Å². The second-order valence-corrected chi connectivity index (χ2v) is 1.92. The molecule has 0 aliphatic carbocycles. The normalized spacial score (nSPS) is 17.9. The summed E-state index contributed by atoms with van der Waals surface area (Å²) in [7, 11) is 0. The van der Waals surface area contributed by atoms with Gasteiger partial charge in [0.25, 0.3) is 3.90 Å². The van der Waals surface area contributed by atoms with Gasteiger partial charge in [-0.2, -0.15) is 0 Å². The number of nitrogens with zero attached hydrogens (tertiary/aromatic N) is 1. The fraction of sp³-hybridized carbons (Fsp3) is 0. The van der Waals surface area contributed by atoms with Crippen LogP contribution in [-0.4, -0.2) is 3.90 Å². The van der Waals surface area contributed by atoms with Crippen LogP contribution in [0.15, 0.2) is 17.6 Å². The Bertz CT molecular complexity index is 131. The van der Waals surface area contributed by atoms with Gasteiger partial charge in [-0.15, -0.1) is 5.10 Å². The van der Waals surface area contributed by atoms with E-state index in [1.807, 2.05) is 22.6 Å². The minimum Gasteiger partial charge on any atom is -0.415 e. The molecular formula is C3H3IN2O. The van der Waals surface area contributed by atoms with Crippen molar-refractivity contribution in [1.82, 2.24) is 5.43 Å². The first-order valence-corrected chi connectivity index (χ1v) is 2.73. The van der Waals surface area contributed by atoms with Crippen molar-refractivity contribution in [2.75, 3.05) is 0 Å². The van der Waals surface area contributed by atoms with Crippen LogP contribution in [0.5, 0.6) is 0 Å². The van der Waals surface area contributed by atoms with Crippen LogP contribution < -0.4 is 5.43 Å². The molecule has 0 bridgehead atoms. The summed E-state index contributed by atoms with van der Waals surface area (Å²) in [5, 5.41) is 3.65. The van der Waals surface area contributed by atoms with Crippen molar-refractivity contribution in [2.24, 2.45) is 5.10 Å². The van der Waals surface area contributed by atoms with Gasteiger partial charge in [0.2, 0.25) is 5.88 Å². The highest BCUT2D eigenvalue weighted by Crippen LogP contribution is 2.03. The molecule has 0 spiro atoms. The van der Waals surface area contributed by atoms with Gasteiger partial charge in [-0.25, -0.2) is 5.43 Å². The second kappa shape index (κ2) is 1.69. The van der Waals surface area contributed by atoms with E-state index in [9.17, 15) is 0 Å². The third-order valence-corrected chi connectivity index (χ3v) is 0.937.